The number of hydrogen-bond acceptors (Lipinski definition) is 8. The van der Waals surface area contributed by atoms with Gasteiger partial charge in [-0.05, 0) is 66.7 Å². The van der Waals surface area contributed by atoms with Crippen LogP contribution in [-0.4, -0.2) is 88.7 Å². The molecule has 0 spiro atoms. The predicted octanol–water partition coefficient (Wildman–Crippen LogP) is 5.25. The Morgan fingerprint density at radius 3 is 2.06 bits per heavy atom. The Hall–Kier alpha value is -5.36. The maximum absolute atomic E-state index is 13.6. The normalized spacial score (nSPS) is 21.7. The number of nitrogens with one attached hydrogen (secondary N) is 2. The van der Waals surface area contributed by atoms with E-state index in [-0.39, 0.29) is 54.0 Å². The molecule has 0 unspecified atom stereocenters. The molecular weight excluding hydrogens is 684 g/mol. The molecule has 0 radical (unpaired) electrons. The summed E-state index contributed by atoms with van der Waals surface area (Å²) in [6.45, 7) is 13.1. The molecule has 6 atom stereocenters. The van der Waals surface area contributed by atoms with Gasteiger partial charge in [-0.2, -0.15) is 0 Å². The SMILES string of the molecule is COC(=O)C[C@H](C(=O)N1C[C@@H](C)C[C@H]1C1=NC=C(C#Cc2ccc(C#Cc3cnc([C@@H]4C[C@H](C)CN4C(=O)[C@H](NC(=O)OC)C(C)C)[nH]3)cc2)C1)C(C)C. The molecule has 0 bridgehead atoms. The molecular formula is C42H52N6O6. The monoisotopic (exact) mass is 736 g/mol. The second-order valence-electron chi connectivity index (χ2n) is 15.4. The molecule has 0 saturated carbocycles. The number of hydrogen-bond donors (Lipinski definition) is 2. The third-order valence-electron chi connectivity index (χ3n) is 10.4. The van der Waals surface area contributed by atoms with Gasteiger partial charge in [0, 0.05) is 48.1 Å². The number of benzene rings is 1. The van der Waals surface area contributed by atoms with Crippen molar-refractivity contribution in [2.24, 2.45) is 34.6 Å². The van der Waals surface area contributed by atoms with E-state index in [1.807, 2.05) is 56.9 Å². The first-order valence-electron chi connectivity index (χ1n) is 18.7. The molecule has 3 aliphatic rings. The molecule has 2 saturated heterocycles. The molecule has 4 heterocycles. The standard InChI is InChI=1S/C42H52N6O6/c1-25(2)33(20-37(49)53-7)40(50)47-23-27(5)17-35(47)34-19-31(21-43-34)14-13-29-9-11-30(12-10-29)15-16-32-22-44-39(45-32)36-18-28(6)24-48(36)41(51)38(26(3)4)46-42(52)54-8/h9-12,21-22,25-28,33,35-36,38H,17-20,23-24H2,1-8H3,(H,44,45)(H,46,52)/t27-,28-,33-,35-,36-,38+/m0/s1. The van der Waals surface area contributed by atoms with Gasteiger partial charge in [-0.25, -0.2) is 9.78 Å². The molecule has 2 aromatic rings. The van der Waals surface area contributed by atoms with Crippen LogP contribution in [0.15, 0.2) is 47.2 Å². The van der Waals surface area contributed by atoms with Crippen molar-refractivity contribution in [3.05, 3.63) is 64.9 Å². The van der Waals surface area contributed by atoms with Crippen LogP contribution in [0.1, 0.15) is 95.9 Å². The number of esters is 1. The first-order chi connectivity index (χ1) is 25.8. The predicted molar refractivity (Wildman–Crippen MR) is 205 cm³/mol. The molecule has 12 nitrogen and oxygen atoms in total. The van der Waals surface area contributed by atoms with Crippen molar-refractivity contribution < 1.29 is 28.7 Å². The molecule has 2 N–H and O–H groups in total. The molecule has 5 rings (SSSR count). The van der Waals surface area contributed by atoms with Crippen molar-refractivity contribution in [3.63, 3.8) is 0 Å². The molecule has 12 heteroatoms. The average Bonchev–Trinajstić information content (AvgIpc) is 3.97. The van der Waals surface area contributed by atoms with Crippen LogP contribution in [-0.2, 0) is 23.9 Å². The lowest BCUT2D eigenvalue weighted by atomic mass is 9.90. The van der Waals surface area contributed by atoms with Crippen molar-refractivity contribution in [2.75, 3.05) is 27.3 Å². The number of carbonyl (C=O) groups is 4. The van der Waals surface area contributed by atoms with Crippen molar-refractivity contribution in [2.45, 2.75) is 85.4 Å². The van der Waals surface area contributed by atoms with Gasteiger partial charge in [0.15, 0.2) is 0 Å². The first-order valence-corrected chi connectivity index (χ1v) is 18.7. The second-order valence-corrected chi connectivity index (χ2v) is 15.4. The van der Waals surface area contributed by atoms with Gasteiger partial charge in [0.25, 0.3) is 0 Å². The first kappa shape index (κ1) is 39.8. The van der Waals surface area contributed by atoms with Crippen LogP contribution >= 0.6 is 0 Å². The number of amides is 3. The molecule has 286 valence electrons. The van der Waals surface area contributed by atoms with E-state index in [4.69, 9.17) is 14.5 Å². The topological polar surface area (TPSA) is 146 Å². The number of likely N-dealkylation sites (tertiary alicyclic amines) is 2. The van der Waals surface area contributed by atoms with Crippen molar-refractivity contribution in [1.82, 2.24) is 25.1 Å². The van der Waals surface area contributed by atoms with Crippen molar-refractivity contribution in [3.8, 4) is 23.7 Å². The zero-order chi connectivity index (χ0) is 39.1. The van der Waals surface area contributed by atoms with Gasteiger partial charge >= 0.3 is 12.1 Å². The second kappa shape index (κ2) is 17.6. The van der Waals surface area contributed by atoms with Gasteiger partial charge in [-0.15, -0.1) is 0 Å². The van der Waals surface area contributed by atoms with E-state index >= 15 is 0 Å². The quantitative estimate of drug-likeness (QED) is 0.264. The molecule has 3 amide bonds. The lowest BCUT2D eigenvalue weighted by molar-refractivity contribution is -0.148. The fraction of sp³-hybridized carbons (Fsp3) is 0.524. The number of rotatable bonds is 9. The minimum absolute atomic E-state index is 0.00687. The minimum Gasteiger partial charge on any atom is -0.469 e. The van der Waals surface area contributed by atoms with Crippen LogP contribution < -0.4 is 5.32 Å². The number of aromatic nitrogens is 2. The summed E-state index contributed by atoms with van der Waals surface area (Å²) in [7, 11) is 2.63. The number of alkyl carbamates (subject to hydrolysis) is 1. The van der Waals surface area contributed by atoms with Gasteiger partial charge in [0.2, 0.25) is 11.8 Å². The van der Waals surface area contributed by atoms with E-state index in [1.54, 1.807) is 17.3 Å². The zero-order valence-electron chi connectivity index (χ0n) is 32.6. The highest BCUT2D eigenvalue weighted by Gasteiger charge is 2.42. The average molecular weight is 737 g/mol. The van der Waals surface area contributed by atoms with E-state index in [0.29, 0.717) is 36.9 Å². The maximum atomic E-state index is 13.6. The number of ether oxygens (including phenoxy) is 2. The Labute approximate surface area is 318 Å². The maximum Gasteiger partial charge on any atom is 0.407 e. The lowest BCUT2D eigenvalue weighted by Gasteiger charge is -2.30. The molecule has 0 aliphatic carbocycles. The van der Waals surface area contributed by atoms with E-state index in [1.165, 1.54) is 14.2 Å². The summed E-state index contributed by atoms with van der Waals surface area (Å²) >= 11 is 0. The Kier molecular flexibility index (Phi) is 13.0. The molecule has 2 fully saturated rings. The van der Waals surface area contributed by atoms with E-state index in [0.717, 1.165) is 35.3 Å². The van der Waals surface area contributed by atoms with Gasteiger partial charge in [0.1, 0.15) is 17.6 Å². The number of aromatic amines is 1. The number of nitrogens with zero attached hydrogens (tertiary/aromatic N) is 4. The van der Waals surface area contributed by atoms with Crippen LogP contribution in [0.5, 0.6) is 0 Å². The Morgan fingerprint density at radius 1 is 0.852 bits per heavy atom. The highest BCUT2D eigenvalue weighted by Crippen LogP contribution is 2.35. The number of H-pyrrole nitrogens is 1. The number of methoxy groups -OCH3 is 2. The number of carbonyl (C=O) groups excluding carboxylic acids is 4. The van der Waals surface area contributed by atoms with E-state index < -0.39 is 18.1 Å². The van der Waals surface area contributed by atoms with Crippen LogP contribution in [0, 0.1) is 53.3 Å². The summed E-state index contributed by atoms with van der Waals surface area (Å²) in [6, 6.07) is 6.62. The third-order valence-corrected chi connectivity index (χ3v) is 10.4. The van der Waals surface area contributed by atoms with Gasteiger partial charge in [-0.1, -0.05) is 59.3 Å². The summed E-state index contributed by atoms with van der Waals surface area (Å²) < 4.78 is 9.61. The number of allylic oxidation sites excluding steroid dienone is 1. The highest BCUT2D eigenvalue weighted by molar-refractivity contribution is 5.98. The summed E-state index contributed by atoms with van der Waals surface area (Å²) in [5, 5.41) is 2.68. The number of imidazole rings is 1. The molecule has 54 heavy (non-hydrogen) atoms. The zero-order valence-corrected chi connectivity index (χ0v) is 32.6. The van der Waals surface area contributed by atoms with Crippen LogP contribution in [0.2, 0.25) is 0 Å². The summed E-state index contributed by atoms with van der Waals surface area (Å²) in [5.41, 5.74) is 4.12. The summed E-state index contributed by atoms with van der Waals surface area (Å²) in [4.78, 5) is 67.5. The summed E-state index contributed by atoms with van der Waals surface area (Å²) in [6.07, 6.45) is 5.07. The van der Waals surface area contributed by atoms with E-state index in [9.17, 15) is 19.2 Å². The Bertz CT molecular complexity index is 1910. The smallest absolute Gasteiger partial charge is 0.407 e. The fourth-order valence-electron chi connectivity index (χ4n) is 7.34. The van der Waals surface area contributed by atoms with E-state index in [2.05, 4.69) is 52.8 Å². The van der Waals surface area contributed by atoms with Gasteiger partial charge in [0.05, 0.1) is 44.8 Å². The summed E-state index contributed by atoms with van der Waals surface area (Å²) in [5.74, 6) is 13.0. The van der Waals surface area contributed by atoms with Crippen LogP contribution in [0.3, 0.4) is 0 Å². The van der Waals surface area contributed by atoms with Gasteiger partial charge < -0.3 is 29.6 Å². The third kappa shape index (κ3) is 9.59. The fourth-order valence-corrected chi connectivity index (χ4v) is 7.34. The van der Waals surface area contributed by atoms with Crippen LogP contribution in [0.25, 0.3) is 0 Å². The van der Waals surface area contributed by atoms with Crippen molar-refractivity contribution >= 4 is 29.6 Å². The molecule has 1 aromatic heterocycles. The minimum atomic E-state index is -0.708. The Balaban J connectivity index is 1.19. The lowest BCUT2D eigenvalue weighted by Crippen LogP contribution is -2.51. The van der Waals surface area contributed by atoms with Crippen molar-refractivity contribution in [1.29, 1.82) is 0 Å². The number of aliphatic imine (C=N–C) groups is 1. The van der Waals surface area contributed by atoms with Crippen LogP contribution in [0.4, 0.5) is 4.79 Å². The van der Waals surface area contributed by atoms with Gasteiger partial charge in [-0.3, -0.25) is 19.4 Å². The molecule has 1 aromatic carbocycles. The highest BCUT2D eigenvalue weighted by atomic mass is 16.5. The largest absolute Gasteiger partial charge is 0.469 e. The molecule has 3 aliphatic heterocycles. The Morgan fingerprint density at radius 2 is 1.46 bits per heavy atom.